The van der Waals surface area contributed by atoms with E-state index in [0.717, 1.165) is 35.0 Å². The summed E-state index contributed by atoms with van der Waals surface area (Å²) in [6.45, 7) is 7.72. The molecule has 1 fully saturated rings. The van der Waals surface area contributed by atoms with Crippen LogP contribution in [0.15, 0.2) is 12.1 Å². The summed E-state index contributed by atoms with van der Waals surface area (Å²) in [5.74, 6) is 1.43. The molecule has 3 unspecified atom stereocenters. The van der Waals surface area contributed by atoms with Gasteiger partial charge in [0.15, 0.2) is 0 Å². The van der Waals surface area contributed by atoms with Crippen molar-refractivity contribution in [3.8, 4) is 5.75 Å². The zero-order valence-corrected chi connectivity index (χ0v) is 13.8. The fourth-order valence-electron chi connectivity index (χ4n) is 2.89. The number of ether oxygens (including phenoxy) is 1. The van der Waals surface area contributed by atoms with E-state index in [-0.39, 0.29) is 0 Å². The fraction of sp³-hybridized carbons (Fsp3) is 0.625. The number of benzene rings is 1. The van der Waals surface area contributed by atoms with Crippen LogP contribution in [-0.4, -0.2) is 37.7 Å². The SMILES string of the molecule is COc1cc(Cl)c(C)cc1NC1CC(C)N(C)CC1C. The summed E-state index contributed by atoms with van der Waals surface area (Å²) in [5, 5.41) is 4.41. The lowest BCUT2D eigenvalue weighted by Gasteiger charge is -2.40. The van der Waals surface area contributed by atoms with Crippen LogP contribution in [-0.2, 0) is 0 Å². The van der Waals surface area contributed by atoms with Gasteiger partial charge in [-0.1, -0.05) is 18.5 Å². The van der Waals surface area contributed by atoms with E-state index in [9.17, 15) is 0 Å². The second kappa shape index (κ2) is 6.23. The number of anilines is 1. The molecular weight excluding hydrogens is 272 g/mol. The first kappa shape index (κ1) is 15.5. The van der Waals surface area contributed by atoms with Crippen LogP contribution in [0.4, 0.5) is 5.69 Å². The molecule has 0 spiro atoms. The molecule has 1 N–H and O–H groups in total. The Bertz CT molecular complexity index is 478. The number of piperidine rings is 1. The first-order chi connectivity index (χ1) is 9.42. The van der Waals surface area contributed by atoms with Crippen molar-refractivity contribution >= 4 is 17.3 Å². The highest BCUT2D eigenvalue weighted by atomic mass is 35.5. The summed E-state index contributed by atoms with van der Waals surface area (Å²) >= 11 is 6.16. The third-order valence-corrected chi connectivity index (χ3v) is 4.84. The van der Waals surface area contributed by atoms with Crippen molar-refractivity contribution in [1.82, 2.24) is 4.90 Å². The zero-order valence-electron chi connectivity index (χ0n) is 13.0. The van der Waals surface area contributed by atoms with Gasteiger partial charge in [-0.05, 0) is 44.9 Å². The Morgan fingerprint density at radius 1 is 1.35 bits per heavy atom. The lowest BCUT2D eigenvalue weighted by molar-refractivity contribution is 0.145. The van der Waals surface area contributed by atoms with Gasteiger partial charge in [0.25, 0.3) is 0 Å². The molecule has 112 valence electrons. The molecule has 2 rings (SSSR count). The average molecular weight is 297 g/mol. The largest absolute Gasteiger partial charge is 0.495 e. The Kier molecular flexibility index (Phi) is 4.82. The third kappa shape index (κ3) is 3.21. The summed E-state index contributed by atoms with van der Waals surface area (Å²) in [6.07, 6.45) is 1.14. The van der Waals surface area contributed by atoms with Crippen molar-refractivity contribution in [1.29, 1.82) is 0 Å². The van der Waals surface area contributed by atoms with Gasteiger partial charge in [0, 0.05) is 29.7 Å². The first-order valence-electron chi connectivity index (χ1n) is 7.23. The van der Waals surface area contributed by atoms with Crippen LogP contribution in [0.3, 0.4) is 0 Å². The smallest absolute Gasteiger partial charge is 0.143 e. The molecule has 1 aromatic carbocycles. The molecule has 3 atom stereocenters. The Morgan fingerprint density at radius 3 is 2.70 bits per heavy atom. The molecule has 4 heteroatoms. The highest BCUT2D eigenvalue weighted by molar-refractivity contribution is 6.31. The van der Waals surface area contributed by atoms with Gasteiger partial charge in [-0.2, -0.15) is 0 Å². The maximum Gasteiger partial charge on any atom is 0.143 e. The molecular formula is C16H25ClN2O. The van der Waals surface area contributed by atoms with Gasteiger partial charge < -0.3 is 15.0 Å². The molecule has 0 aliphatic carbocycles. The second-order valence-electron chi connectivity index (χ2n) is 6.05. The van der Waals surface area contributed by atoms with E-state index in [0.29, 0.717) is 18.0 Å². The number of hydrogen-bond donors (Lipinski definition) is 1. The summed E-state index contributed by atoms with van der Waals surface area (Å²) in [5.41, 5.74) is 2.12. The van der Waals surface area contributed by atoms with Crippen molar-refractivity contribution in [2.24, 2.45) is 5.92 Å². The quantitative estimate of drug-likeness (QED) is 0.918. The monoisotopic (exact) mass is 296 g/mol. The lowest BCUT2D eigenvalue weighted by Crippen LogP contribution is -2.48. The van der Waals surface area contributed by atoms with E-state index >= 15 is 0 Å². The molecule has 0 bridgehead atoms. The van der Waals surface area contributed by atoms with Crippen molar-refractivity contribution in [2.45, 2.75) is 39.3 Å². The summed E-state index contributed by atoms with van der Waals surface area (Å²) in [4.78, 5) is 2.42. The van der Waals surface area contributed by atoms with Crippen molar-refractivity contribution in [2.75, 3.05) is 26.0 Å². The van der Waals surface area contributed by atoms with E-state index < -0.39 is 0 Å². The van der Waals surface area contributed by atoms with Gasteiger partial charge in [0.2, 0.25) is 0 Å². The lowest BCUT2D eigenvalue weighted by atomic mass is 9.89. The number of halogens is 1. The Morgan fingerprint density at radius 2 is 2.05 bits per heavy atom. The van der Waals surface area contributed by atoms with E-state index in [1.165, 1.54) is 0 Å². The van der Waals surface area contributed by atoms with Crippen LogP contribution in [0.2, 0.25) is 5.02 Å². The summed E-state index contributed by atoms with van der Waals surface area (Å²) < 4.78 is 5.45. The minimum absolute atomic E-state index is 0.468. The summed E-state index contributed by atoms with van der Waals surface area (Å²) in [7, 11) is 3.89. The minimum Gasteiger partial charge on any atom is -0.495 e. The van der Waals surface area contributed by atoms with Gasteiger partial charge in [0.05, 0.1) is 12.8 Å². The van der Waals surface area contributed by atoms with E-state index in [2.05, 4.69) is 37.2 Å². The predicted molar refractivity (Wildman–Crippen MR) is 86.0 cm³/mol. The first-order valence-corrected chi connectivity index (χ1v) is 7.61. The minimum atomic E-state index is 0.468. The van der Waals surface area contributed by atoms with Crippen LogP contribution < -0.4 is 10.1 Å². The Balaban J connectivity index is 2.19. The number of nitrogens with one attached hydrogen (secondary N) is 1. The molecule has 1 saturated heterocycles. The van der Waals surface area contributed by atoms with Gasteiger partial charge in [0.1, 0.15) is 5.75 Å². The van der Waals surface area contributed by atoms with Crippen molar-refractivity contribution in [3.63, 3.8) is 0 Å². The number of methoxy groups -OCH3 is 1. The predicted octanol–water partition coefficient (Wildman–Crippen LogP) is 3.80. The number of rotatable bonds is 3. The van der Waals surface area contributed by atoms with Crippen LogP contribution in [0.25, 0.3) is 0 Å². The van der Waals surface area contributed by atoms with Gasteiger partial charge >= 0.3 is 0 Å². The molecule has 20 heavy (non-hydrogen) atoms. The second-order valence-corrected chi connectivity index (χ2v) is 6.46. The van der Waals surface area contributed by atoms with Crippen molar-refractivity contribution in [3.05, 3.63) is 22.7 Å². The number of aryl methyl sites for hydroxylation is 1. The van der Waals surface area contributed by atoms with Gasteiger partial charge in [-0.15, -0.1) is 0 Å². The number of nitrogens with zero attached hydrogens (tertiary/aromatic N) is 1. The Labute approximate surface area is 127 Å². The van der Waals surface area contributed by atoms with E-state index in [1.807, 2.05) is 13.0 Å². The van der Waals surface area contributed by atoms with Crippen LogP contribution in [0.5, 0.6) is 5.75 Å². The number of likely N-dealkylation sites (tertiary alicyclic amines) is 1. The topological polar surface area (TPSA) is 24.5 Å². The molecule has 1 aromatic rings. The van der Waals surface area contributed by atoms with Crippen LogP contribution in [0, 0.1) is 12.8 Å². The maximum atomic E-state index is 6.16. The van der Waals surface area contributed by atoms with Gasteiger partial charge in [-0.25, -0.2) is 0 Å². The van der Waals surface area contributed by atoms with Crippen LogP contribution >= 0.6 is 11.6 Å². The van der Waals surface area contributed by atoms with Crippen molar-refractivity contribution < 1.29 is 4.74 Å². The maximum absolute atomic E-state index is 6.16. The van der Waals surface area contributed by atoms with E-state index in [1.54, 1.807) is 7.11 Å². The van der Waals surface area contributed by atoms with Crippen LogP contribution in [0.1, 0.15) is 25.8 Å². The zero-order chi connectivity index (χ0) is 14.9. The fourth-order valence-corrected chi connectivity index (χ4v) is 3.04. The molecule has 0 saturated carbocycles. The molecule has 1 aliphatic heterocycles. The molecule has 0 radical (unpaired) electrons. The molecule has 0 aromatic heterocycles. The third-order valence-electron chi connectivity index (χ3n) is 4.43. The molecule has 3 nitrogen and oxygen atoms in total. The highest BCUT2D eigenvalue weighted by Crippen LogP contribution is 2.33. The Hall–Kier alpha value is -0.930. The molecule has 0 amide bonds. The normalized spacial score (nSPS) is 27.4. The average Bonchev–Trinajstić information content (AvgIpc) is 2.39. The number of hydrogen-bond acceptors (Lipinski definition) is 3. The summed E-state index contributed by atoms with van der Waals surface area (Å²) in [6, 6.07) is 5.04. The molecule has 1 aliphatic rings. The highest BCUT2D eigenvalue weighted by Gasteiger charge is 2.29. The standard InChI is InChI=1S/C16H25ClN2O/c1-10-6-15(16(20-5)8-13(10)17)18-14-7-12(3)19(4)9-11(14)2/h6,8,11-12,14,18H,7,9H2,1-5H3. The van der Waals surface area contributed by atoms with Gasteiger partial charge in [-0.3, -0.25) is 0 Å². The van der Waals surface area contributed by atoms with E-state index in [4.69, 9.17) is 16.3 Å². The molecule has 1 heterocycles.